The van der Waals surface area contributed by atoms with Crippen LogP contribution in [0, 0.1) is 5.41 Å². The van der Waals surface area contributed by atoms with Gasteiger partial charge in [0.1, 0.15) is 0 Å². The minimum absolute atomic E-state index is 0.100. The molecule has 1 aliphatic rings. The van der Waals surface area contributed by atoms with Crippen molar-refractivity contribution in [1.29, 1.82) is 0 Å². The molecule has 0 spiro atoms. The Balaban J connectivity index is 2.02. The first-order valence-electron chi connectivity index (χ1n) is 7.93. The summed E-state index contributed by atoms with van der Waals surface area (Å²) in [4.78, 5) is 4.55. The van der Waals surface area contributed by atoms with Gasteiger partial charge < -0.3 is 10.4 Å². The lowest BCUT2D eigenvalue weighted by molar-refractivity contribution is 0.287. The fourth-order valence-electron chi connectivity index (χ4n) is 2.12. The first-order valence-corrected chi connectivity index (χ1v) is 9.09. The number of allylic oxidation sites excluding steroid dienone is 4. The molecule has 0 heterocycles. The number of nitrogens with one attached hydrogen (secondary N) is 1. The highest BCUT2D eigenvalue weighted by Crippen LogP contribution is 2.24. The van der Waals surface area contributed by atoms with Crippen LogP contribution in [0.4, 0.5) is 0 Å². The van der Waals surface area contributed by atoms with Crippen molar-refractivity contribution in [3.63, 3.8) is 0 Å². The van der Waals surface area contributed by atoms with E-state index >= 15 is 0 Å². The van der Waals surface area contributed by atoms with Crippen molar-refractivity contribution in [1.82, 2.24) is 5.32 Å². The van der Waals surface area contributed by atoms with Gasteiger partial charge in [0.15, 0.2) is 0 Å². The molecule has 2 atom stereocenters. The summed E-state index contributed by atoms with van der Waals surface area (Å²) in [5, 5.41) is 12.2. The maximum Gasteiger partial charge on any atom is 0.0510 e. The Morgan fingerprint density at radius 1 is 1.43 bits per heavy atom. The zero-order valence-electron chi connectivity index (χ0n) is 13.4. The fraction of sp³-hybridized carbons (Fsp3) is 0.706. The van der Waals surface area contributed by atoms with Crippen LogP contribution in [-0.2, 0) is 0 Å². The maximum atomic E-state index is 8.71. The van der Waals surface area contributed by atoms with Gasteiger partial charge in [-0.15, -0.1) is 0 Å². The summed E-state index contributed by atoms with van der Waals surface area (Å²) in [6.45, 7) is 6.53. The van der Waals surface area contributed by atoms with Gasteiger partial charge in [-0.05, 0) is 31.9 Å². The van der Waals surface area contributed by atoms with Crippen LogP contribution < -0.4 is 5.32 Å². The second-order valence-electron chi connectivity index (χ2n) is 5.89. The number of thioether (sulfide) groups is 1. The summed E-state index contributed by atoms with van der Waals surface area (Å²) < 4.78 is 0. The standard InChI is InChI=1S/C17H30N2OS/c1-16(14-21-13-7-6-12-20)19-11-10-18-15-17(2)8-4-3-5-9-17/h3-5,8,15-16,19-20H,6-7,9-14H2,1-2H3. The van der Waals surface area contributed by atoms with E-state index in [0.717, 1.165) is 43.9 Å². The molecular weight excluding hydrogens is 280 g/mol. The number of hydrogen-bond acceptors (Lipinski definition) is 4. The molecule has 1 aliphatic carbocycles. The maximum absolute atomic E-state index is 8.71. The average molecular weight is 311 g/mol. The van der Waals surface area contributed by atoms with Gasteiger partial charge in [0, 0.05) is 36.6 Å². The van der Waals surface area contributed by atoms with Crippen LogP contribution in [0.1, 0.15) is 33.1 Å². The molecule has 4 heteroatoms. The quantitative estimate of drug-likeness (QED) is 0.455. The Labute approximate surface area is 134 Å². The van der Waals surface area contributed by atoms with E-state index in [4.69, 9.17) is 5.11 Å². The van der Waals surface area contributed by atoms with E-state index < -0.39 is 0 Å². The van der Waals surface area contributed by atoms with Crippen molar-refractivity contribution >= 4 is 18.0 Å². The summed E-state index contributed by atoms with van der Waals surface area (Å²) in [5.41, 5.74) is 0.100. The highest BCUT2D eigenvalue weighted by molar-refractivity contribution is 7.99. The minimum Gasteiger partial charge on any atom is -0.396 e. The van der Waals surface area contributed by atoms with Crippen LogP contribution in [0.3, 0.4) is 0 Å². The predicted molar refractivity (Wildman–Crippen MR) is 95.5 cm³/mol. The van der Waals surface area contributed by atoms with Gasteiger partial charge in [0.05, 0.1) is 6.54 Å². The highest BCUT2D eigenvalue weighted by Gasteiger charge is 2.17. The normalized spacial score (nSPS) is 23.0. The smallest absolute Gasteiger partial charge is 0.0510 e. The molecule has 2 N–H and O–H groups in total. The Kier molecular flexibility index (Phi) is 9.72. The zero-order valence-corrected chi connectivity index (χ0v) is 14.2. The summed E-state index contributed by atoms with van der Waals surface area (Å²) in [7, 11) is 0. The highest BCUT2D eigenvalue weighted by atomic mass is 32.2. The van der Waals surface area contributed by atoms with Crippen LogP contribution in [0.2, 0.25) is 0 Å². The van der Waals surface area contributed by atoms with E-state index in [0.29, 0.717) is 12.6 Å². The minimum atomic E-state index is 0.100. The molecule has 120 valence electrons. The summed E-state index contributed by atoms with van der Waals surface area (Å²) in [6, 6.07) is 0.521. The van der Waals surface area contributed by atoms with Crippen LogP contribution >= 0.6 is 11.8 Å². The van der Waals surface area contributed by atoms with Crippen molar-refractivity contribution in [2.24, 2.45) is 10.4 Å². The molecule has 0 bridgehead atoms. The Morgan fingerprint density at radius 2 is 2.29 bits per heavy atom. The Bertz CT molecular complexity index is 355. The Hall–Kier alpha value is -0.580. The predicted octanol–water partition coefficient (Wildman–Crippen LogP) is 3.06. The number of aliphatic hydroxyl groups is 1. The molecule has 0 fully saturated rings. The first kappa shape index (κ1) is 18.5. The van der Waals surface area contributed by atoms with E-state index in [9.17, 15) is 0 Å². The van der Waals surface area contributed by atoms with Crippen LogP contribution in [0.15, 0.2) is 29.3 Å². The molecule has 2 unspecified atom stereocenters. The average Bonchev–Trinajstić information content (AvgIpc) is 2.47. The Morgan fingerprint density at radius 3 is 3.00 bits per heavy atom. The first-order chi connectivity index (χ1) is 10.2. The number of unbranched alkanes of at least 4 members (excludes halogenated alkanes) is 1. The van der Waals surface area contributed by atoms with E-state index in [-0.39, 0.29) is 5.41 Å². The molecule has 0 saturated carbocycles. The molecule has 0 aromatic carbocycles. The van der Waals surface area contributed by atoms with Gasteiger partial charge in [-0.2, -0.15) is 11.8 Å². The lowest BCUT2D eigenvalue weighted by atomic mass is 9.85. The third-order valence-electron chi connectivity index (χ3n) is 3.47. The third-order valence-corrected chi connectivity index (χ3v) is 4.78. The molecule has 21 heavy (non-hydrogen) atoms. The fourth-order valence-corrected chi connectivity index (χ4v) is 3.17. The molecule has 0 aromatic heterocycles. The second kappa shape index (κ2) is 11.0. The monoisotopic (exact) mass is 310 g/mol. The second-order valence-corrected chi connectivity index (χ2v) is 7.04. The van der Waals surface area contributed by atoms with Crippen molar-refractivity contribution < 1.29 is 5.11 Å². The van der Waals surface area contributed by atoms with Crippen LogP contribution in [-0.4, -0.2) is 48.6 Å². The number of aliphatic imine (C=N–C) groups is 1. The number of aliphatic hydroxyl groups excluding tert-OH is 1. The molecule has 0 saturated heterocycles. The third kappa shape index (κ3) is 9.12. The summed E-state index contributed by atoms with van der Waals surface area (Å²) in [6.07, 6.45) is 13.8. The van der Waals surface area contributed by atoms with E-state index in [1.165, 1.54) is 0 Å². The van der Waals surface area contributed by atoms with Crippen molar-refractivity contribution in [2.75, 3.05) is 31.2 Å². The van der Waals surface area contributed by atoms with Crippen molar-refractivity contribution in [2.45, 2.75) is 39.2 Å². The molecule has 1 rings (SSSR count). The lowest BCUT2D eigenvalue weighted by Gasteiger charge is -2.21. The number of hydrogen-bond donors (Lipinski definition) is 2. The molecular formula is C17H30N2OS. The van der Waals surface area contributed by atoms with E-state index in [2.05, 4.69) is 54.7 Å². The largest absolute Gasteiger partial charge is 0.396 e. The van der Waals surface area contributed by atoms with E-state index in [1.54, 1.807) is 0 Å². The van der Waals surface area contributed by atoms with Gasteiger partial charge in [0.25, 0.3) is 0 Å². The van der Waals surface area contributed by atoms with Gasteiger partial charge in [-0.1, -0.05) is 31.2 Å². The van der Waals surface area contributed by atoms with Crippen molar-refractivity contribution in [3.05, 3.63) is 24.3 Å². The summed E-state index contributed by atoms with van der Waals surface area (Å²) >= 11 is 1.96. The van der Waals surface area contributed by atoms with Crippen LogP contribution in [0.5, 0.6) is 0 Å². The number of nitrogens with zero attached hydrogens (tertiary/aromatic N) is 1. The SMILES string of the molecule is CC(CSCCCCO)NCCN=CC1(C)C=CC=CC1. The molecule has 0 radical (unpaired) electrons. The molecule has 0 aliphatic heterocycles. The number of rotatable bonds is 11. The molecule has 3 nitrogen and oxygen atoms in total. The lowest BCUT2D eigenvalue weighted by Crippen LogP contribution is -2.30. The zero-order chi connectivity index (χ0) is 15.4. The van der Waals surface area contributed by atoms with Gasteiger partial charge in [-0.3, -0.25) is 4.99 Å². The van der Waals surface area contributed by atoms with Crippen molar-refractivity contribution in [3.8, 4) is 0 Å². The van der Waals surface area contributed by atoms with E-state index in [1.807, 2.05) is 11.8 Å². The topological polar surface area (TPSA) is 44.6 Å². The van der Waals surface area contributed by atoms with Gasteiger partial charge >= 0.3 is 0 Å². The van der Waals surface area contributed by atoms with Gasteiger partial charge in [-0.25, -0.2) is 0 Å². The van der Waals surface area contributed by atoms with Crippen LogP contribution in [0.25, 0.3) is 0 Å². The van der Waals surface area contributed by atoms with Gasteiger partial charge in [0.2, 0.25) is 0 Å². The molecule has 0 aromatic rings. The molecule has 0 amide bonds. The summed E-state index contributed by atoms with van der Waals surface area (Å²) in [5.74, 6) is 2.27.